The fraction of sp³-hybridized carbons (Fsp3) is 1.00. The van der Waals surface area contributed by atoms with Crippen molar-refractivity contribution in [2.45, 2.75) is 45.2 Å². The molecule has 0 spiro atoms. The third-order valence-electron chi connectivity index (χ3n) is 4.06. The fourth-order valence-corrected chi connectivity index (χ4v) is 2.75. The van der Waals surface area contributed by atoms with Crippen molar-refractivity contribution in [2.24, 2.45) is 11.7 Å². The molecular formula is C14H30N2O2. The zero-order chi connectivity index (χ0) is 13.4. The van der Waals surface area contributed by atoms with E-state index in [0.29, 0.717) is 12.0 Å². The summed E-state index contributed by atoms with van der Waals surface area (Å²) in [6.45, 7) is 8.93. The van der Waals surface area contributed by atoms with Gasteiger partial charge in [-0.05, 0) is 19.3 Å². The Balaban J connectivity index is 2.47. The summed E-state index contributed by atoms with van der Waals surface area (Å²) < 4.78 is 10.6. The molecule has 2 unspecified atom stereocenters. The molecule has 0 saturated carbocycles. The van der Waals surface area contributed by atoms with Gasteiger partial charge in [-0.3, -0.25) is 4.90 Å². The van der Waals surface area contributed by atoms with Crippen LogP contribution >= 0.6 is 0 Å². The van der Waals surface area contributed by atoms with E-state index in [4.69, 9.17) is 15.2 Å². The summed E-state index contributed by atoms with van der Waals surface area (Å²) in [6.07, 6.45) is 3.46. The highest BCUT2D eigenvalue weighted by atomic mass is 16.5. The van der Waals surface area contributed by atoms with E-state index in [1.165, 1.54) is 12.8 Å². The van der Waals surface area contributed by atoms with Crippen LogP contribution in [0.2, 0.25) is 0 Å². The first kappa shape index (κ1) is 15.9. The first-order valence-electron chi connectivity index (χ1n) is 7.29. The predicted octanol–water partition coefficient (Wildman–Crippen LogP) is 1.49. The van der Waals surface area contributed by atoms with Crippen LogP contribution in [0.15, 0.2) is 0 Å². The van der Waals surface area contributed by atoms with Crippen LogP contribution in [0.3, 0.4) is 0 Å². The molecule has 0 aromatic heterocycles. The Morgan fingerprint density at radius 3 is 2.61 bits per heavy atom. The van der Waals surface area contributed by atoms with E-state index < -0.39 is 0 Å². The molecule has 4 heteroatoms. The summed E-state index contributed by atoms with van der Waals surface area (Å²) in [5.41, 5.74) is 6.34. The number of nitrogens with zero attached hydrogens (tertiary/aromatic N) is 1. The van der Waals surface area contributed by atoms with Crippen molar-refractivity contribution in [1.29, 1.82) is 0 Å². The maximum atomic E-state index is 6.34. The van der Waals surface area contributed by atoms with Gasteiger partial charge in [0.25, 0.3) is 0 Å². The van der Waals surface area contributed by atoms with Gasteiger partial charge in [0.2, 0.25) is 0 Å². The van der Waals surface area contributed by atoms with E-state index >= 15 is 0 Å². The molecule has 0 aromatic rings. The third kappa shape index (κ3) is 4.84. The second-order valence-electron chi connectivity index (χ2n) is 5.25. The first-order chi connectivity index (χ1) is 8.72. The topological polar surface area (TPSA) is 47.7 Å². The Labute approximate surface area is 112 Å². The van der Waals surface area contributed by atoms with Gasteiger partial charge < -0.3 is 15.2 Å². The Morgan fingerprint density at radius 2 is 2.11 bits per heavy atom. The lowest BCUT2D eigenvalue weighted by Crippen LogP contribution is -2.47. The van der Waals surface area contributed by atoms with Crippen molar-refractivity contribution in [3.05, 3.63) is 0 Å². The average Bonchev–Trinajstić information content (AvgIpc) is 2.90. The van der Waals surface area contributed by atoms with Gasteiger partial charge in [0.15, 0.2) is 0 Å². The molecule has 1 saturated heterocycles. The van der Waals surface area contributed by atoms with Gasteiger partial charge in [-0.2, -0.15) is 0 Å². The molecule has 2 N–H and O–H groups in total. The summed E-state index contributed by atoms with van der Waals surface area (Å²) in [5, 5.41) is 0. The molecule has 108 valence electrons. The van der Waals surface area contributed by atoms with Gasteiger partial charge in [0.05, 0.1) is 13.2 Å². The van der Waals surface area contributed by atoms with Gasteiger partial charge in [-0.1, -0.05) is 13.8 Å². The van der Waals surface area contributed by atoms with E-state index in [1.54, 1.807) is 7.11 Å². The van der Waals surface area contributed by atoms with Crippen LogP contribution in [-0.4, -0.2) is 57.0 Å². The lowest BCUT2D eigenvalue weighted by molar-refractivity contribution is 0.101. The zero-order valence-corrected chi connectivity index (χ0v) is 12.2. The smallest absolute Gasteiger partial charge is 0.0589 e. The van der Waals surface area contributed by atoms with Crippen LogP contribution in [-0.2, 0) is 9.47 Å². The van der Waals surface area contributed by atoms with Gasteiger partial charge in [-0.25, -0.2) is 0 Å². The second kappa shape index (κ2) is 8.86. The van der Waals surface area contributed by atoms with Crippen molar-refractivity contribution < 1.29 is 9.47 Å². The zero-order valence-electron chi connectivity index (χ0n) is 12.2. The van der Waals surface area contributed by atoms with Crippen molar-refractivity contribution >= 4 is 0 Å². The lowest BCUT2D eigenvalue weighted by atomic mass is 9.98. The number of rotatable bonds is 9. The van der Waals surface area contributed by atoms with Crippen LogP contribution in [0.5, 0.6) is 0 Å². The molecule has 0 amide bonds. The Morgan fingerprint density at radius 1 is 1.39 bits per heavy atom. The van der Waals surface area contributed by atoms with E-state index in [9.17, 15) is 0 Å². The first-order valence-corrected chi connectivity index (χ1v) is 7.29. The van der Waals surface area contributed by atoms with Crippen molar-refractivity contribution in [1.82, 2.24) is 4.90 Å². The van der Waals surface area contributed by atoms with E-state index in [1.807, 2.05) is 0 Å². The van der Waals surface area contributed by atoms with Gasteiger partial charge in [0.1, 0.15) is 0 Å². The summed E-state index contributed by atoms with van der Waals surface area (Å²) in [7, 11) is 1.76. The SMILES string of the molecule is CCC(CC)N(CCOC)CC(N)C1CCOC1. The minimum absolute atomic E-state index is 0.227. The number of hydrogen-bond donors (Lipinski definition) is 1. The third-order valence-corrected chi connectivity index (χ3v) is 4.06. The van der Waals surface area contributed by atoms with Crippen LogP contribution in [0.25, 0.3) is 0 Å². The van der Waals surface area contributed by atoms with Crippen LogP contribution in [0.1, 0.15) is 33.1 Å². The Bertz CT molecular complexity index is 204. The molecule has 1 fully saturated rings. The highest BCUT2D eigenvalue weighted by Crippen LogP contribution is 2.18. The number of nitrogens with two attached hydrogens (primary N) is 1. The number of ether oxygens (including phenoxy) is 2. The normalized spacial score (nSPS) is 22.0. The highest BCUT2D eigenvalue weighted by Gasteiger charge is 2.26. The Hall–Kier alpha value is -0.160. The molecule has 18 heavy (non-hydrogen) atoms. The molecule has 0 aromatic carbocycles. The monoisotopic (exact) mass is 258 g/mol. The average molecular weight is 258 g/mol. The van der Waals surface area contributed by atoms with E-state index in [-0.39, 0.29) is 6.04 Å². The van der Waals surface area contributed by atoms with E-state index in [2.05, 4.69) is 18.7 Å². The largest absolute Gasteiger partial charge is 0.383 e. The second-order valence-corrected chi connectivity index (χ2v) is 5.25. The minimum atomic E-state index is 0.227. The maximum Gasteiger partial charge on any atom is 0.0589 e. The molecule has 4 nitrogen and oxygen atoms in total. The van der Waals surface area contributed by atoms with Crippen LogP contribution in [0.4, 0.5) is 0 Å². The van der Waals surface area contributed by atoms with Crippen molar-refractivity contribution in [3.8, 4) is 0 Å². The lowest BCUT2D eigenvalue weighted by Gasteiger charge is -2.33. The number of methoxy groups -OCH3 is 1. The standard InChI is InChI=1S/C14H30N2O2/c1-4-13(5-2)16(7-9-17-3)10-14(15)12-6-8-18-11-12/h12-14H,4-11,15H2,1-3H3. The predicted molar refractivity (Wildman–Crippen MR) is 74.7 cm³/mol. The maximum absolute atomic E-state index is 6.34. The minimum Gasteiger partial charge on any atom is -0.383 e. The molecule has 2 atom stereocenters. The summed E-state index contributed by atoms with van der Waals surface area (Å²) in [6, 6.07) is 0.846. The van der Waals surface area contributed by atoms with Gasteiger partial charge in [0, 0.05) is 44.8 Å². The van der Waals surface area contributed by atoms with Crippen molar-refractivity contribution in [2.75, 3.05) is 40.0 Å². The summed E-state index contributed by atoms with van der Waals surface area (Å²) in [5.74, 6) is 0.532. The molecule has 1 rings (SSSR count). The fourth-order valence-electron chi connectivity index (χ4n) is 2.75. The van der Waals surface area contributed by atoms with Crippen LogP contribution < -0.4 is 5.73 Å². The quantitative estimate of drug-likeness (QED) is 0.680. The highest BCUT2D eigenvalue weighted by molar-refractivity contribution is 4.81. The molecule has 0 bridgehead atoms. The molecule has 1 heterocycles. The molecule has 0 radical (unpaired) electrons. The molecule has 0 aliphatic carbocycles. The Kier molecular flexibility index (Phi) is 7.82. The van der Waals surface area contributed by atoms with Gasteiger partial charge in [-0.15, -0.1) is 0 Å². The summed E-state index contributed by atoms with van der Waals surface area (Å²) in [4.78, 5) is 2.49. The summed E-state index contributed by atoms with van der Waals surface area (Å²) >= 11 is 0. The molecule has 1 aliphatic rings. The molecule has 1 aliphatic heterocycles. The van der Waals surface area contributed by atoms with Crippen LogP contribution in [0, 0.1) is 5.92 Å². The molecular weight excluding hydrogens is 228 g/mol. The number of hydrogen-bond acceptors (Lipinski definition) is 4. The van der Waals surface area contributed by atoms with Gasteiger partial charge >= 0.3 is 0 Å². The van der Waals surface area contributed by atoms with E-state index in [0.717, 1.165) is 39.3 Å². The van der Waals surface area contributed by atoms with Crippen molar-refractivity contribution in [3.63, 3.8) is 0 Å².